The van der Waals surface area contributed by atoms with Crippen molar-refractivity contribution in [1.29, 1.82) is 0 Å². The zero-order valence-corrected chi connectivity index (χ0v) is 7.08. The Hall–Kier alpha value is -1.09. The molecule has 3 heteroatoms. The summed E-state index contributed by atoms with van der Waals surface area (Å²) in [4.78, 5) is 10.0. The highest BCUT2D eigenvalue weighted by Crippen LogP contribution is 2.09. The molecule has 0 aromatic carbocycles. The molecule has 66 valence electrons. The Morgan fingerprint density at radius 3 is 2.92 bits per heavy atom. The molecule has 1 rings (SSSR count). The number of ether oxygens (including phenoxy) is 1. The van der Waals surface area contributed by atoms with Gasteiger partial charge in [-0.15, -0.1) is 0 Å². The number of aldehydes is 1. The summed E-state index contributed by atoms with van der Waals surface area (Å²) in [6, 6.07) is 3.74. The van der Waals surface area contributed by atoms with Gasteiger partial charge in [0.25, 0.3) is 0 Å². The molecule has 0 amide bonds. The maximum atomic E-state index is 10.0. The second-order valence-electron chi connectivity index (χ2n) is 2.51. The molecule has 0 aliphatic heterocycles. The van der Waals surface area contributed by atoms with Gasteiger partial charge >= 0.3 is 0 Å². The number of carbonyl (C=O) groups excluding carboxylic acids is 1. The van der Waals surface area contributed by atoms with E-state index < -0.39 is 0 Å². The Labute approximate surface area is 71.3 Å². The van der Waals surface area contributed by atoms with Crippen LogP contribution in [0.1, 0.15) is 17.9 Å². The summed E-state index contributed by atoms with van der Waals surface area (Å²) in [5.74, 6) is 1.65. The van der Waals surface area contributed by atoms with E-state index >= 15 is 0 Å². The highest BCUT2D eigenvalue weighted by molar-refractivity contribution is 5.49. The predicted octanol–water partition coefficient (Wildman–Crippen LogP) is 1.56. The van der Waals surface area contributed by atoms with E-state index in [0.717, 1.165) is 17.8 Å². The van der Waals surface area contributed by atoms with Gasteiger partial charge in [-0.3, -0.25) is 0 Å². The Morgan fingerprint density at radius 1 is 1.50 bits per heavy atom. The van der Waals surface area contributed by atoms with Crippen molar-refractivity contribution in [2.24, 2.45) is 0 Å². The van der Waals surface area contributed by atoms with Gasteiger partial charge in [-0.1, -0.05) is 0 Å². The molecule has 0 bridgehead atoms. The number of carbonyl (C=O) groups is 1. The molecule has 0 aliphatic carbocycles. The standard InChI is InChI=1S/C9H12O3/c1-11-7-9-5-4-8(12-9)3-2-6-10/h4-6H,2-3,7H2,1H3. The van der Waals surface area contributed by atoms with Crippen molar-refractivity contribution in [1.82, 2.24) is 0 Å². The molecule has 0 fully saturated rings. The van der Waals surface area contributed by atoms with Gasteiger partial charge in [0.2, 0.25) is 0 Å². The van der Waals surface area contributed by atoms with Crippen molar-refractivity contribution in [2.75, 3.05) is 7.11 Å². The number of hydrogen-bond acceptors (Lipinski definition) is 3. The molecule has 12 heavy (non-hydrogen) atoms. The average Bonchev–Trinajstić information content (AvgIpc) is 2.50. The average molecular weight is 168 g/mol. The minimum atomic E-state index is 0.487. The predicted molar refractivity (Wildman–Crippen MR) is 43.8 cm³/mol. The first-order chi connectivity index (χ1) is 5.86. The Balaban J connectivity index is 2.46. The van der Waals surface area contributed by atoms with Crippen LogP contribution in [0, 0.1) is 0 Å². The quantitative estimate of drug-likeness (QED) is 0.626. The van der Waals surface area contributed by atoms with Crippen LogP contribution in [0.2, 0.25) is 0 Å². The normalized spacial score (nSPS) is 10.1. The molecule has 0 N–H and O–H groups in total. The minimum Gasteiger partial charge on any atom is -0.464 e. The lowest BCUT2D eigenvalue weighted by Gasteiger charge is -1.93. The van der Waals surface area contributed by atoms with Gasteiger partial charge in [-0.2, -0.15) is 0 Å². The van der Waals surface area contributed by atoms with Gasteiger partial charge in [0.15, 0.2) is 0 Å². The van der Waals surface area contributed by atoms with Crippen molar-refractivity contribution in [3.63, 3.8) is 0 Å². The van der Waals surface area contributed by atoms with E-state index in [1.165, 1.54) is 0 Å². The van der Waals surface area contributed by atoms with E-state index in [0.29, 0.717) is 19.4 Å². The maximum absolute atomic E-state index is 10.0. The van der Waals surface area contributed by atoms with Gasteiger partial charge in [0.1, 0.15) is 24.4 Å². The van der Waals surface area contributed by atoms with Gasteiger partial charge in [-0.05, 0) is 12.1 Å². The summed E-state index contributed by atoms with van der Waals surface area (Å²) in [5, 5.41) is 0. The molecular weight excluding hydrogens is 156 g/mol. The highest BCUT2D eigenvalue weighted by Gasteiger charge is 2.00. The minimum absolute atomic E-state index is 0.487. The fourth-order valence-corrected chi connectivity index (χ4v) is 0.978. The third-order valence-electron chi connectivity index (χ3n) is 1.51. The van der Waals surface area contributed by atoms with Gasteiger partial charge in [0.05, 0.1) is 0 Å². The first-order valence-electron chi connectivity index (χ1n) is 3.87. The lowest BCUT2D eigenvalue weighted by Crippen LogP contribution is -1.84. The van der Waals surface area contributed by atoms with Crippen LogP contribution in [0.5, 0.6) is 0 Å². The molecular formula is C9H12O3. The summed E-state index contributed by atoms with van der Waals surface area (Å²) in [6.07, 6.45) is 2.08. The Morgan fingerprint density at radius 2 is 2.25 bits per heavy atom. The monoisotopic (exact) mass is 168 g/mol. The maximum Gasteiger partial charge on any atom is 0.129 e. The molecule has 0 spiro atoms. The second-order valence-corrected chi connectivity index (χ2v) is 2.51. The molecule has 0 atom stereocenters. The first kappa shape index (κ1) is 9.00. The zero-order chi connectivity index (χ0) is 8.81. The van der Waals surface area contributed by atoms with E-state index in [4.69, 9.17) is 9.15 Å². The van der Waals surface area contributed by atoms with Crippen molar-refractivity contribution < 1.29 is 13.9 Å². The fraction of sp³-hybridized carbons (Fsp3) is 0.444. The summed E-state index contributed by atoms with van der Waals surface area (Å²) in [5.41, 5.74) is 0. The molecule has 0 unspecified atom stereocenters. The fourth-order valence-electron chi connectivity index (χ4n) is 0.978. The van der Waals surface area contributed by atoms with Crippen molar-refractivity contribution in [3.8, 4) is 0 Å². The van der Waals surface area contributed by atoms with Crippen molar-refractivity contribution in [2.45, 2.75) is 19.4 Å². The summed E-state index contributed by atoms with van der Waals surface area (Å²) in [6.45, 7) is 0.487. The van der Waals surface area contributed by atoms with Crippen LogP contribution in [0.4, 0.5) is 0 Å². The third kappa shape index (κ3) is 2.51. The van der Waals surface area contributed by atoms with Gasteiger partial charge in [-0.25, -0.2) is 0 Å². The molecule has 1 aromatic heterocycles. The van der Waals surface area contributed by atoms with Crippen LogP contribution in [-0.4, -0.2) is 13.4 Å². The molecule has 0 saturated heterocycles. The second kappa shape index (κ2) is 4.72. The lowest BCUT2D eigenvalue weighted by molar-refractivity contribution is -0.107. The smallest absolute Gasteiger partial charge is 0.129 e. The summed E-state index contributed by atoms with van der Waals surface area (Å²) >= 11 is 0. The molecule has 0 saturated carbocycles. The lowest BCUT2D eigenvalue weighted by atomic mass is 10.3. The topological polar surface area (TPSA) is 39.4 Å². The third-order valence-corrected chi connectivity index (χ3v) is 1.51. The largest absolute Gasteiger partial charge is 0.464 e. The number of rotatable bonds is 5. The van der Waals surface area contributed by atoms with Crippen LogP contribution in [-0.2, 0) is 22.6 Å². The van der Waals surface area contributed by atoms with Crippen LogP contribution >= 0.6 is 0 Å². The SMILES string of the molecule is COCc1ccc(CCC=O)o1. The van der Waals surface area contributed by atoms with Crippen LogP contribution in [0.3, 0.4) is 0 Å². The van der Waals surface area contributed by atoms with Crippen LogP contribution < -0.4 is 0 Å². The molecule has 1 heterocycles. The number of hydrogen-bond donors (Lipinski definition) is 0. The highest BCUT2D eigenvalue weighted by atomic mass is 16.5. The first-order valence-corrected chi connectivity index (χ1v) is 3.87. The Kier molecular flexibility index (Phi) is 3.54. The number of methoxy groups -OCH3 is 1. The van der Waals surface area contributed by atoms with Crippen molar-refractivity contribution in [3.05, 3.63) is 23.7 Å². The van der Waals surface area contributed by atoms with E-state index in [1.54, 1.807) is 7.11 Å². The number of furan rings is 1. The molecule has 3 nitrogen and oxygen atoms in total. The number of aryl methyl sites for hydroxylation is 1. The Bertz CT molecular complexity index is 240. The molecule has 0 aliphatic rings. The molecule has 0 radical (unpaired) electrons. The molecule has 1 aromatic rings. The van der Waals surface area contributed by atoms with E-state index in [9.17, 15) is 4.79 Å². The summed E-state index contributed by atoms with van der Waals surface area (Å²) < 4.78 is 10.2. The zero-order valence-electron chi connectivity index (χ0n) is 7.08. The summed E-state index contributed by atoms with van der Waals surface area (Å²) in [7, 11) is 1.62. The van der Waals surface area contributed by atoms with Crippen LogP contribution in [0.25, 0.3) is 0 Å². The van der Waals surface area contributed by atoms with Crippen LogP contribution in [0.15, 0.2) is 16.5 Å². The van der Waals surface area contributed by atoms with Crippen molar-refractivity contribution >= 4 is 6.29 Å². The van der Waals surface area contributed by atoms with E-state index in [2.05, 4.69) is 0 Å². The van der Waals surface area contributed by atoms with E-state index in [-0.39, 0.29) is 0 Å². The van der Waals surface area contributed by atoms with Gasteiger partial charge in [0, 0.05) is 20.0 Å². The van der Waals surface area contributed by atoms with Gasteiger partial charge < -0.3 is 13.9 Å². The van der Waals surface area contributed by atoms with E-state index in [1.807, 2.05) is 12.1 Å².